The summed E-state index contributed by atoms with van der Waals surface area (Å²) in [4.78, 5) is 15.0. The lowest BCUT2D eigenvalue weighted by Gasteiger charge is -2.35. The maximum Gasteiger partial charge on any atom is 0.228 e. The third kappa shape index (κ3) is 4.40. The number of methoxy groups -OCH3 is 1. The Balaban J connectivity index is 1.53. The summed E-state index contributed by atoms with van der Waals surface area (Å²) in [6.45, 7) is 6.88. The molecule has 0 aromatic heterocycles. The molecule has 1 aliphatic rings. The van der Waals surface area contributed by atoms with Crippen LogP contribution in [0.3, 0.4) is 0 Å². The van der Waals surface area contributed by atoms with Crippen molar-refractivity contribution in [2.24, 2.45) is 0 Å². The lowest BCUT2D eigenvalue weighted by Crippen LogP contribution is -2.37. The van der Waals surface area contributed by atoms with Crippen LogP contribution in [-0.2, 0) is 11.4 Å². The third-order valence-electron chi connectivity index (χ3n) is 6.68. The molecular formula is C31H29NO3. The minimum Gasteiger partial charge on any atom is -0.493 e. The second-order valence-corrected chi connectivity index (χ2v) is 8.95. The lowest BCUT2D eigenvalue weighted by molar-refractivity contribution is -0.119. The molecule has 5 rings (SSSR count). The van der Waals surface area contributed by atoms with E-state index < -0.39 is 0 Å². The summed E-state index contributed by atoms with van der Waals surface area (Å²) in [5.41, 5.74) is 5.47. The van der Waals surface area contributed by atoms with Crippen LogP contribution in [0.15, 0.2) is 91.5 Å². The minimum absolute atomic E-state index is 0.0790. The molecule has 4 aromatic rings. The number of rotatable bonds is 7. The van der Waals surface area contributed by atoms with Crippen molar-refractivity contribution in [1.29, 1.82) is 0 Å². The summed E-state index contributed by atoms with van der Waals surface area (Å²) < 4.78 is 11.8. The first-order valence-corrected chi connectivity index (χ1v) is 11.9. The van der Waals surface area contributed by atoms with Crippen LogP contribution in [-0.4, -0.2) is 19.6 Å². The maximum atomic E-state index is 13.2. The van der Waals surface area contributed by atoms with Crippen LogP contribution in [0.4, 0.5) is 5.69 Å². The van der Waals surface area contributed by atoms with Gasteiger partial charge in [-0.3, -0.25) is 4.79 Å². The summed E-state index contributed by atoms with van der Waals surface area (Å²) in [7, 11) is 1.65. The van der Waals surface area contributed by atoms with Crippen molar-refractivity contribution < 1.29 is 14.3 Å². The van der Waals surface area contributed by atoms with Gasteiger partial charge in [0.2, 0.25) is 5.91 Å². The first-order valence-electron chi connectivity index (χ1n) is 11.9. The number of hydrogen-bond acceptors (Lipinski definition) is 3. The summed E-state index contributed by atoms with van der Waals surface area (Å²) >= 11 is 0. The van der Waals surface area contributed by atoms with E-state index in [1.165, 1.54) is 11.1 Å². The number of carbonyl (C=O) groups excluding carboxylic acids is 1. The van der Waals surface area contributed by atoms with Gasteiger partial charge < -0.3 is 14.4 Å². The highest BCUT2D eigenvalue weighted by Crippen LogP contribution is 2.45. The molecule has 0 N–H and O–H groups in total. The second kappa shape index (κ2) is 9.67. The molecule has 0 spiro atoms. The van der Waals surface area contributed by atoms with Crippen molar-refractivity contribution >= 4 is 22.4 Å². The van der Waals surface area contributed by atoms with Crippen LogP contribution in [0.2, 0.25) is 0 Å². The largest absolute Gasteiger partial charge is 0.493 e. The lowest BCUT2D eigenvalue weighted by atomic mass is 9.81. The highest BCUT2D eigenvalue weighted by Gasteiger charge is 2.33. The van der Waals surface area contributed by atoms with Gasteiger partial charge in [-0.2, -0.15) is 0 Å². The first kappa shape index (κ1) is 22.7. The number of hydrogen-bond donors (Lipinski definition) is 0. The standard InChI is InChI=1S/C31H29NO3/c1-4-17-32-27-15-13-23-7-5-6-8-25(23)31(27)26(19-30(32)33)24-14-16-28(29(18-24)34-3)35-20-22-11-9-21(2)10-12-22/h4-16,18,26H,1,17,19-20H2,2-3H3. The number of aryl methyl sites for hydroxylation is 1. The Kier molecular flexibility index (Phi) is 6.28. The molecule has 4 aromatic carbocycles. The zero-order valence-corrected chi connectivity index (χ0v) is 20.2. The predicted molar refractivity (Wildman–Crippen MR) is 141 cm³/mol. The fourth-order valence-electron chi connectivity index (χ4n) is 4.89. The van der Waals surface area contributed by atoms with Crippen LogP contribution in [0.25, 0.3) is 10.8 Å². The van der Waals surface area contributed by atoms with Crippen LogP contribution < -0.4 is 14.4 Å². The molecule has 0 aliphatic carbocycles. The number of nitrogens with zero attached hydrogens (tertiary/aromatic N) is 1. The van der Waals surface area contributed by atoms with Crippen molar-refractivity contribution in [1.82, 2.24) is 0 Å². The number of amides is 1. The molecule has 35 heavy (non-hydrogen) atoms. The van der Waals surface area contributed by atoms with Crippen molar-refractivity contribution in [2.45, 2.75) is 25.9 Å². The van der Waals surface area contributed by atoms with Gasteiger partial charge in [-0.05, 0) is 52.6 Å². The molecule has 0 saturated heterocycles. The van der Waals surface area contributed by atoms with Crippen LogP contribution in [0.5, 0.6) is 11.5 Å². The van der Waals surface area contributed by atoms with Crippen molar-refractivity contribution in [3.8, 4) is 11.5 Å². The molecule has 4 heteroatoms. The SMILES string of the molecule is C=CCN1C(=O)CC(c2ccc(OCc3ccc(C)cc3)c(OC)c2)c2c1ccc1ccccc21. The van der Waals surface area contributed by atoms with Gasteiger partial charge in [-0.15, -0.1) is 6.58 Å². The molecule has 1 unspecified atom stereocenters. The van der Waals surface area contributed by atoms with Gasteiger partial charge in [0.05, 0.1) is 7.11 Å². The molecule has 176 valence electrons. The van der Waals surface area contributed by atoms with Gasteiger partial charge >= 0.3 is 0 Å². The Morgan fingerprint density at radius 1 is 1.00 bits per heavy atom. The van der Waals surface area contributed by atoms with E-state index in [-0.39, 0.29) is 11.8 Å². The predicted octanol–water partition coefficient (Wildman–Crippen LogP) is 6.79. The van der Waals surface area contributed by atoms with E-state index in [0.29, 0.717) is 31.1 Å². The average molecular weight is 464 g/mol. The van der Waals surface area contributed by atoms with Gasteiger partial charge in [0, 0.05) is 24.6 Å². The van der Waals surface area contributed by atoms with Crippen molar-refractivity contribution in [3.63, 3.8) is 0 Å². The van der Waals surface area contributed by atoms with Crippen molar-refractivity contribution in [2.75, 3.05) is 18.6 Å². The fraction of sp³-hybridized carbons (Fsp3) is 0.194. The molecule has 0 bridgehead atoms. The van der Waals surface area contributed by atoms with E-state index in [0.717, 1.165) is 27.6 Å². The molecule has 1 atom stereocenters. The number of benzene rings is 4. The zero-order valence-electron chi connectivity index (χ0n) is 20.2. The summed E-state index contributed by atoms with van der Waals surface area (Å²) in [6.07, 6.45) is 2.17. The molecule has 0 saturated carbocycles. The molecule has 1 heterocycles. The van der Waals surface area contributed by atoms with E-state index in [1.54, 1.807) is 13.2 Å². The van der Waals surface area contributed by atoms with Gasteiger partial charge in [0.1, 0.15) is 6.61 Å². The Morgan fingerprint density at radius 3 is 2.57 bits per heavy atom. The number of fused-ring (bicyclic) bond motifs is 3. The molecule has 1 aliphatic heterocycles. The van der Waals surface area contributed by atoms with Gasteiger partial charge in [-0.25, -0.2) is 0 Å². The smallest absolute Gasteiger partial charge is 0.228 e. The maximum absolute atomic E-state index is 13.2. The highest BCUT2D eigenvalue weighted by atomic mass is 16.5. The molecular weight excluding hydrogens is 434 g/mol. The number of anilines is 1. The van der Waals surface area contributed by atoms with Crippen LogP contribution in [0, 0.1) is 6.92 Å². The Bertz CT molecular complexity index is 1390. The van der Waals surface area contributed by atoms with Crippen LogP contribution in [0.1, 0.15) is 34.6 Å². The van der Waals surface area contributed by atoms with E-state index >= 15 is 0 Å². The number of ether oxygens (including phenoxy) is 2. The van der Waals surface area contributed by atoms with Gasteiger partial charge in [0.25, 0.3) is 0 Å². The first-order chi connectivity index (χ1) is 17.1. The zero-order chi connectivity index (χ0) is 24.4. The van der Waals surface area contributed by atoms with Gasteiger partial charge in [-0.1, -0.05) is 72.3 Å². The summed E-state index contributed by atoms with van der Waals surface area (Å²) in [5, 5.41) is 2.32. The van der Waals surface area contributed by atoms with E-state index in [9.17, 15) is 4.79 Å². The molecule has 4 nitrogen and oxygen atoms in total. The molecule has 0 radical (unpaired) electrons. The van der Waals surface area contributed by atoms with Gasteiger partial charge in [0.15, 0.2) is 11.5 Å². The monoisotopic (exact) mass is 463 g/mol. The summed E-state index contributed by atoms with van der Waals surface area (Å²) in [6, 6.07) is 26.8. The van der Waals surface area contributed by atoms with Crippen molar-refractivity contribution in [3.05, 3.63) is 114 Å². The normalized spacial score (nSPS) is 15.1. The molecule has 1 amide bonds. The van der Waals surface area contributed by atoms with E-state index in [2.05, 4.69) is 74.2 Å². The van der Waals surface area contributed by atoms with Crippen LogP contribution >= 0.6 is 0 Å². The topological polar surface area (TPSA) is 38.8 Å². The average Bonchev–Trinajstić information content (AvgIpc) is 2.89. The Hall–Kier alpha value is -4.05. The summed E-state index contributed by atoms with van der Waals surface area (Å²) in [5.74, 6) is 1.36. The minimum atomic E-state index is -0.0790. The van der Waals surface area contributed by atoms with E-state index in [1.807, 2.05) is 23.1 Å². The molecule has 0 fully saturated rings. The second-order valence-electron chi connectivity index (χ2n) is 8.95. The Labute approximate surface area is 206 Å². The number of carbonyl (C=O) groups is 1. The van der Waals surface area contributed by atoms with E-state index in [4.69, 9.17) is 9.47 Å². The fourth-order valence-corrected chi connectivity index (χ4v) is 4.89. The Morgan fingerprint density at radius 2 is 1.80 bits per heavy atom. The highest BCUT2D eigenvalue weighted by molar-refractivity contribution is 6.03. The quantitative estimate of drug-likeness (QED) is 0.283. The third-order valence-corrected chi connectivity index (χ3v) is 6.68.